The third kappa shape index (κ3) is 8.75. The van der Waals surface area contributed by atoms with Crippen LogP contribution in [0.4, 0.5) is 5.69 Å². The van der Waals surface area contributed by atoms with Crippen LogP contribution in [-0.4, -0.2) is 35.6 Å². The van der Waals surface area contributed by atoms with Gasteiger partial charge in [-0.25, -0.2) is 0 Å². The Morgan fingerprint density at radius 2 is 1.45 bits per heavy atom. The maximum absolute atomic E-state index is 12.5. The van der Waals surface area contributed by atoms with Gasteiger partial charge in [-0.05, 0) is 36.5 Å². The highest BCUT2D eigenvalue weighted by atomic mass is 16.2. The van der Waals surface area contributed by atoms with E-state index in [1.165, 1.54) is 0 Å². The molecule has 166 valence electrons. The molecule has 1 N–H and O–H groups in total. The fourth-order valence-corrected chi connectivity index (χ4v) is 3.57. The van der Waals surface area contributed by atoms with Crippen molar-refractivity contribution < 1.29 is 14.4 Å². The fraction of sp³-hybridized carbons (Fsp3) is 0.423. The van der Waals surface area contributed by atoms with E-state index < -0.39 is 0 Å². The second kappa shape index (κ2) is 13.4. The molecule has 0 aliphatic rings. The van der Waals surface area contributed by atoms with Crippen molar-refractivity contribution in [2.24, 2.45) is 0 Å². The monoisotopic (exact) mass is 422 g/mol. The van der Waals surface area contributed by atoms with E-state index in [0.29, 0.717) is 24.9 Å². The van der Waals surface area contributed by atoms with E-state index in [2.05, 4.69) is 19.2 Å². The summed E-state index contributed by atoms with van der Waals surface area (Å²) in [5.74, 6) is 0.101. The Balaban J connectivity index is 1.85. The lowest BCUT2D eigenvalue weighted by Gasteiger charge is -2.21. The number of benzene rings is 2. The molecule has 0 saturated carbocycles. The van der Waals surface area contributed by atoms with Gasteiger partial charge >= 0.3 is 0 Å². The molecule has 0 aliphatic carbocycles. The molecule has 0 saturated heterocycles. The highest BCUT2D eigenvalue weighted by Gasteiger charge is 2.14. The van der Waals surface area contributed by atoms with Crippen molar-refractivity contribution >= 4 is 23.3 Å². The number of rotatable bonds is 13. The SMILES string of the molecule is CCCN(CCC)C(=O)CCCC(=O)Cc1ccccc1NC(=O)Cc1ccccc1. The van der Waals surface area contributed by atoms with E-state index in [1.807, 2.05) is 59.5 Å². The second-order valence-corrected chi connectivity index (χ2v) is 7.82. The van der Waals surface area contributed by atoms with Crippen molar-refractivity contribution in [2.45, 2.75) is 58.8 Å². The molecule has 5 nitrogen and oxygen atoms in total. The van der Waals surface area contributed by atoms with Crippen LogP contribution in [-0.2, 0) is 27.2 Å². The van der Waals surface area contributed by atoms with Gasteiger partial charge in [0, 0.05) is 38.0 Å². The summed E-state index contributed by atoms with van der Waals surface area (Å²) in [6.07, 6.45) is 3.76. The van der Waals surface area contributed by atoms with Gasteiger partial charge in [0.1, 0.15) is 5.78 Å². The van der Waals surface area contributed by atoms with Gasteiger partial charge in [0.05, 0.1) is 6.42 Å². The molecular weight excluding hydrogens is 388 g/mol. The normalized spacial score (nSPS) is 10.5. The van der Waals surface area contributed by atoms with E-state index in [1.54, 1.807) is 0 Å². The molecule has 2 aromatic rings. The molecule has 0 atom stereocenters. The molecule has 0 radical (unpaired) electrons. The first kappa shape index (κ1) is 24.3. The number of Topliss-reactive ketones (excluding diaryl/α,β-unsaturated/α-hetero) is 1. The number of anilines is 1. The number of carbonyl (C=O) groups excluding carboxylic acids is 3. The van der Waals surface area contributed by atoms with Gasteiger partial charge in [-0.15, -0.1) is 0 Å². The Morgan fingerprint density at radius 3 is 2.13 bits per heavy atom. The fourth-order valence-electron chi connectivity index (χ4n) is 3.57. The lowest BCUT2D eigenvalue weighted by Crippen LogP contribution is -2.32. The van der Waals surface area contributed by atoms with Crippen LogP contribution in [0, 0.1) is 0 Å². The molecule has 2 amide bonds. The zero-order valence-corrected chi connectivity index (χ0v) is 18.7. The molecule has 0 aromatic heterocycles. The summed E-state index contributed by atoms with van der Waals surface area (Å²) in [4.78, 5) is 39.2. The third-order valence-corrected chi connectivity index (χ3v) is 5.07. The summed E-state index contributed by atoms with van der Waals surface area (Å²) in [5, 5.41) is 2.93. The Hall–Kier alpha value is -2.95. The molecule has 0 unspecified atom stereocenters. The van der Waals surface area contributed by atoms with Crippen LogP contribution in [0.2, 0.25) is 0 Å². The van der Waals surface area contributed by atoms with Gasteiger partial charge in [-0.1, -0.05) is 62.4 Å². The highest BCUT2D eigenvalue weighted by Crippen LogP contribution is 2.18. The van der Waals surface area contributed by atoms with Gasteiger partial charge in [0.25, 0.3) is 0 Å². The lowest BCUT2D eigenvalue weighted by atomic mass is 10.0. The summed E-state index contributed by atoms with van der Waals surface area (Å²) in [5.41, 5.74) is 2.42. The minimum Gasteiger partial charge on any atom is -0.343 e. The molecule has 2 aromatic carbocycles. The lowest BCUT2D eigenvalue weighted by molar-refractivity contribution is -0.131. The first-order valence-corrected chi connectivity index (χ1v) is 11.2. The average molecular weight is 423 g/mol. The second-order valence-electron chi connectivity index (χ2n) is 7.82. The molecule has 0 bridgehead atoms. The van der Waals surface area contributed by atoms with Crippen LogP contribution in [0.25, 0.3) is 0 Å². The molecular formula is C26H34N2O3. The summed E-state index contributed by atoms with van der Waals surface area (Å²) < 4.78 is 0. The van der Waals surface area contributed by atoms with Crippen LogP contribution in [0.3, 0.4) is 0 Å². The smallest absolute Gasteiger partial charge is 0.228 e. The first-order chi connectivity index (χ1) is 15.0. The Kier molecular flexibility index (Phi) is 10.5. The van der Waals surface area contributed by atoms with Gasteiger partial charge in [-0.3, -0.25) is 14.4 Å². The summed E-state index contributed by atoms with van der Waals surface area (Å²) in [7, 11) is 0. The summed E-state index contributed by atoms with van der Waals surface area (Å²) >= 11 is 0. The van der Waals surface area contributed by atoms with Crippen LogP contribution < -0.4 is 5.32 Å². The van der Waals surface area contributed by atoms with Crippen molar-refractivity contribution in [1.82, 2.24) is 4.90 Å². The number of hydrogen-bond acceptors (Lipinski definition) is 3. The van der Waals surface area contributed by atoms with E-state index >= 15 is 0 Å². The largest absolute Gasteiger partial charge is 0.343 e. The molecule has 0 fully saturated rings. The number of para-hydroxylation sites is 1. The average Bonchev–Trinajstić information content (AvgIpc) is 2.75. The zero-order valence-electron chi connectivity index (χ0n) is 18.7. The minimum atomic E-state index is -0.108. The Labute approximate surface area is 185 Å². The third-order valence-electron chi connectivity index (χ3n) is 5.07. The number of ketones is 1. The molecule has 0 spiro atoms. The topological polar surface area (TPSA) is 66.5 Å². The minimum absolute atomic E-state index is 0.0788. The van der Waals surface area contributed by atoms with E-state index in [9.17, 15) is 14.4 Å². The molecule has 5 heteroatoms. The van der Waals surface area contributed by atoms with Crippen molar-refractivity contribution in [3.8, 4) is 0 Å². The molecule has 0 aliphatic heterocycles. The number of nitrogens with zero attached hydrogens (tertiary/aromatic N) is 1. The van der Waals surface area contributed by atoms with E-state index in [-0.39, 0.29) is 30.4 Å². The number of hydrogen-bond donors (Lipinski definition) is 1. The molecule has 2 rings (SSSR count). The van der Waals surface area contributed by atoms with Crippen molar-refractivity contribution in [2.75, 3.05) is 18.4 Å². The standard InChI is InChI=1S/C26H34N2O3/c1-3-17-28(18-4-2)26(31)16-10-14-23(29)20-22-13-8-9-15-24(22)27-25(30)19-21-11-6-5-7-12-21/h5-9,11-13,15H,3-4,10,14,16-20H2,1-2H3,(H,27,30). The Morgan fingerprint density at radius 1 is 0.806 bits per heavy atom. The van der Waals surface area contributed by atoms with E-state index in [4.69, 9.17) is 0 Å². The van der Waals surface area contributed by atoms with Gasteiger partial charge in [0.2, 0.25) is 11.8 Å². The van der Waals surface area contributed by atoms with E-state index in [0.717, 1.165) is 37.1 Å². The van der Waals surface area contributed by atoms with Gasteiger partial charge in [0.15, 0.2) is 0 Å². The maximum atomic E-state index is 12.5. The number of nitrogens with one attached hydrogen (secondary N) is 1. The van der Waals surface area contributed by atoms with Crippen molar-refractivity contribution in [3.05, 3.63) is 65.7 Å². The van der Waals surface area contributed by atoms with Gasteiger partial charge < -0.3 is 10.2 Å². The van der Waals surface area contributed by atoms with Crippen LogP contribution in [0.15, 0.2) is 54.6 Å². The van der Waals surface area contributed by atoms with Gasteiger partial charge in [-0.2, -0.15) is 0 Å². The highest BCUT2D eigenvalue weighted by molar-refractivity contribution is 5.94. The first-order valence-electron chi connectivity index (χ1n) is 11.2. The summed E-state index contributed by atoms with van der Waals surface area (Å²) in [6, 6.07) is 17.0. The predicted octanol–water partition coefficient (Wildman–Crippen LogP) is 4.80. The Bertz CT molecular complexity index is 843. The molecule has 31 heavy (non-hydrogen) atoms. The zero-order chi connectivity index (χ0) is 22.5. The summed E-state index contributed by atoms with van der Waals surface area (Å²) in [6.45, 7) is 5.68. The van der Waals surface area contributed by atoms with Crippen LogP contribution in [0.5, 0.6) is 0 Å². The number of amides is 2. The van der Waals surface area contributed by atoms with Crippen LogP contribution >= 0.6 is 0 Å². The van der Waals surface area contributed by atoms with Crippen LogP contribution in [0.1, 0.15) is 57.1 Å². The quantitative estimate of drug-likeness (QED) is 0.504. The van der Waals surface area contributed by atoms with Crippen molar-refractivity contribution in [3.63, 3.8) is 0 Å². The predicted molar refractivity (Wildman–Crippen MR) is 125 cm³/mol. The molecule has 0 heterocycles. The number of carbonyl (C=O) groups is 3. The van der Waals surface area contributed by atoms with Crippen molar-refractivity contribution in [1.29, 1.82) is 0 Å². The maximum Gasteiger partial charge on any atom is 0.228 e.